The largest absolute Gasteiger partial charge is 0.465 e. The fraction of sp³-hybridized carbons (Fsp3) is 0.409. The molecule has 0 N–H and O–H groups in total. The van der Waals surface area contributed by atoms with Crippen molar-refractivity contribution in [3.8, 4) is 5.75 Å². The van der Waals surface area contributed by atoms with Gasteiger partial charge in [0.2, 0.25) is 6.29 Å². The van der Waals surface area contributed by atoms with E-state index in [2.05, 4.69) is 26.0 Å². The zero-order chi connectivity index (χ0) is 18.8. The molecule has 0 saturated carbocycles. The monoisotopic (exact) mass is 356 g/mol. The van der Waals surface area contributed by atoms with Gasteiger partial charge in [-0.25, -0.2) is 0 Å². The highest BCUT2D eigenvalue weighted by atomic mass is 16.7. The van der Waals surface area contributed by atoms with Crippen LogP contribution in [0, 0.1) is 0 Å². The van der Waals surface area contributed by atoms with E-state index in [0.717, 1.165) is 17.7 Å². The molecule has 0 bridgehead atoms. The molecule has 0 fully saturated rings. The van der Waals surface area contributed by atoms with Crippen LogP contribution in [-0.4, -0.2) is 25.5 Å². The average molecular weight is 356 g/mol. The SMILES string of the molecule is CCC(C)c1ccc(OC(Cc2ccccc2)OCCOC(C)=O)cc1. The molecule has 0 aliphatic carbocycles. The summed E-state index contributed by atoms with van der Waals surface area (Å²) in [6, 6.07) is 18.2. The van der Waals surface area contributed by atoms with Crippen LogP contribution in [0.1, 0.15) is 44.2 Å². The van der Waals surface area contributed by atoms with E-state index < -0.39 is 6.29 Å². The molecule has 2 atom stereocenters. The summed E-state index contributed by atoms with van der Waals surface area (Å²) in [5.41, 5.74) is 2.43. The van der Waals surface area contributed by atoms with Crippen molar-refractivity contribution < 1.29 is 19.0 Å². The Labute approximate surface area is 156 Å². The molecule has 4 nitrogen and oxygen atoms in total. The van der Waals surface area contributed by atoms with Gasteiger partial charge in [0.15, 0.2) is 0 Å². The minimum Gasteiger partial charge on any atom is -0.465 e. The molecule has 0 saturated heterocycles. The molecule has 0 radical (unpaired) electrons. The van der Waals surface area contributed by atoms with Gasteiger partial charge in [0, 0.05) is 13.3 Å². The molecule has 2 aromatic rings. The molecule has 0 heterocycles. The molecule has 0 aliphatic heterocycles. The lowest BCUT2D eigenvalue weighted by molar-refractivity contribution is -0.146. The molecule has 2 unspecified atom stereocenters. The van der Waals surface area contributed by atoms with E-state index >= 15 is 0 Å². The topological polar surface area (TPSA) is 44.8 Å². The lowest BCUT2D eigenvalue weighted by Gasteiger charge is -2.20. The van der Waals surface area contributed by atoms with Crippen LogP contribution >= 0.6 is 0 Å². The van der Waals surface area contributed by atoms with Gasteiger partial charge >= 0.3 is 5.97 Å². The van der Waals surface area contributed by atoms with Crippen LogP contribution in [0.15, 0.2) is 54.6 Å². The molecular weight excluding hydrogens is 328 g/mol. The first-order valence-electron chi connectivity index (χ1n) is 9.14. The Bertz CT molecular complexity index is 652. The highest BCUT2D eigenvalue weighted by Crippen LogP contribution is 2.22. The maximum Gasteiger partial charge on any atom is 0.302 e. The van der Waals surface area contributed by atoms with Crippen LogP contribution in [0.4, 0.5) is 0 Å². The molecule has 2 aromatic carbocycles. The minimum absolute atomic E-state index is 0.219. The van der Waals surface area contributed by atoms with Gasteiger partial charge < -0.3 is 14.2 Å². The van der Waals surface area contributed by atoms with E-state index in [1.165, 1.54) is 12.5 Å². The number of hydrogen-bond acceptors (Lipinski definition) is 4. The van der Waals surface area contributed by atoms with E-state index in [9.17, 15) is 4.79 Å². The van der Waals surface area contributed by atoms with Gasteiger partial charge in [-0.2, -0.15) is 0 Å². The van der Waals surface area contributed by atoms with Gasteiger partial charge in [0.25, 0.3) is 0 Å². The van der Waals surface area contributed by atoms with Crippen molar-refractivity contribution in [3.63, 3.8) is 0 Å². The molecular formula is C22H28O4. The van der Waals surface area contributed by atoms with Crippen molar-refractivity contribution in [2.24, 2.45) is 0 Å². The Balaban J connectivity index is 1.98. The number of ether oxygens (including phenoxy) is 3. The van der Waals surface area contributed by atoms with Crippen LogP contribution in [0.3, 0.4) is 0 Å². The standard InChI is InChI=1S/C22H28O4/c1-4-17(2)20-10-12-21(13-11-20)26-22(25-15-14-24-18(3)23)16-19-8-6-5-7-9-19/h5-13,17,22H,4,14-16H2,1-3H3. The van der Waals surface area contributed by atoms with E-state index in [0.29, 0.717) is 18.9 Å². The third-order valence-corrected chi connectivity index (χ3v) is 4.27. The summed E-state index contributed by atoms with van der Waals surface area (Å²) in [5.74, 6) is 0.990. The summed E-state index contributed by atoms with van der Waals surface area (Å²) in [6.45, 7) is 6.30. The maximum absolute atomic E-state index is 10.9. The molecule has 0 aliphatic rings. The maximum atomic E-state index is 10.9. The van der Waals surface area contributed by atoms with Crippen LogP contribution in [-0.2, 0) is 20.7 Å². The van der Waals surface area contributed by atoms with Crippen molar-refractivity contribution in [2.45, 2.75) is 45.8 Å². The second kappa shape index (κ2) is 10.6. The third kappa shape index (κ3) is 6.89. The van der Waals surface area contributed by atoms with Crippen molar-refractivity contribution in [1.82, 2.24) is 0 Å². The predicted octanol–water partition coefficient (Wildman–Crippen LogP) is 4.73. The van der Waals surface area contributed by atoms with Crippen LogP contribution in [0.5, 0.6) is 5.75 Å². The van der Waals surface area contributed by atoms with E-state index in [1.54, 1.807) is 0 Å². The quantitative estimate of drug-likeness (QED) is 0.351. The Hall–Kier alpha value is -2.33. The third-order valence-electron chi connectivity index (χ3n) is 4.27. The minimum atomic E-state index is -0.442. The number of carbonyl (C=O) groups is 1. The summed E-state index contributed by atoms with van der Waals surface area (Å²) >= 11 is 0. The lowest BCUT2D eigenvalue weighted by atomic mass is 9.99. The average Bonchev–Trinajstić information content (AvgIpc) is 2.65. The molecule has 0 amide bonds. The first kappa shape index (κ1) is 20.0. The van der Waals surface area contributed by atoms with Crippen molar-refractivity contribution in [2.75, 3.05) is 13.2 Å². The normalized spacial score (nSPS) is 13.0. The Morgan fingerprint density at radius 2 is 1.69 bits per heavy atom. The second-order valence-electron chi connectivity index (χ2n) is 6.33. The van der Waals surface area contributed by atoms with Crippen molar-refractivity contribution >= 4 is 5.97 Å². The van der Waals surface area contributed by atoms with Gasteiger partial charge in [0.1, 0.15) is 12.4 Å². The molecule has 0 aromatic heterocycles. The van der Waals surface area contributed by atoms with Crippen molar-refractivity contribution in [3.05, 3.63) is 65.7 Å². The van der Waals surface area contributed by atoms with E-state index in [1.807, 2.05) is 42.5 Å². The Morgan fingerprint density at radius 1 is 1.00 bits per heavy atom. The highest BCUT2D eigenvalue weighted by molar-refractivity contribution is 5.65. The summed E-state index contributed by atoms with van der Waals surface area (Å²) in [7, 11) is 0. The number of hydrogen-bond donors (Lipinski definition) is 0. The van der Waals surface area contributed by atoms with E-state index in [4.69, 9.17) is 14.2 Å². The van der Waals surface area contributed by atoms with Gasteiger partial charge in [0.05, 0.1) is 6.61 Å². The van der Waals surface area contributed by atoms with Gasteiger partial charge in [-0.15, -0.1) is 0 Å². The number of esters is 1. The molecule has 140 valence electrons. The first-order valence-corrected chi connectivity index (χ1v) is 9.14. The molecule has 26 heavy (non-hydrogen) atoms. The van der Waals surface area contributed by atoms with E-state index in [-0.39, 0.29) is 12.6 Å². The zero-order valence-corrected chi connectivity index (χ0v) is 15.8. The molecule has 2 rings (SSSR count). The molecule has 0 spiro atoms. The number of carbonyl (C=O) groups excluding carboxylic acids is 1. The Morgan fingerprint density at radius 3 is 2.31 bits per heavy atom. The van der Waals surface area contributed by atoms with Crippen molar-refractivity contribution in [1.29, 1.82) is 0 Å². The summed E-state index contributed by atoms with van der Waals surface area (Å²) in [5, 5.41) is 0. The fourth-order valence-corrected chi connectivity index (χ4v) is 2.57. The molecule has 4 heteroatoms. The van der Waals surface area contributed by atoms with Gasteiger partial charge in [-0.05, 0) is 35.6 Å². The summed E-state index contributed by atoms with van der Waals surface area (Å²) in [6.07, 6.45) is 1.28. The summed E-state index contributed by atoms with van der Waals surface area (Å²) in [4.78, 5) is 10.9. The van der Waals surface area contributed by atoms with Crippen LogP contribution in [0.2, 0.25) is 0 Å². The van der Waals surface area contributed by atoms with Gasteiger partial charge in [-0.1, -0.05) is 56.3 Å². The smallest absolute Gasteiger partial charge is 0.302 e. The first-order chi connectivity index (χ1) is 12.6. The Kier molecular flexibility index (Phi) is 8.16. The fourth-order valence-electron chi connectivity index (χ4n) is 2.57. The summed E-state index contributed by atoms with van der Waals surface area (Å²) < 4.78 is 16.8. The lowest BCUT2D eigenvalue weighted by Crippen LogP contribution is -2.25. The number of benzene rings is 2. The van der Waals surface area contributed by atoms with Crippen LogP contribution in [0.25, 0.3) is 0 Å². The predicted molar refractivity (Wildman–Crippen MR) is 102 cm³/mol. The number of rotatable bonds is 10. The zero-order valence-electron chi connectivity index (χ0n) is 15.8. The van der Waals surface area contributed by atoms with Crippen LogP contribution < -0.4 is 4.74 Å². The second-order valence-corrected chi connectivity index (χ2v) is 6.33. The highest BCUT2D eigenvalue weighted by Gasteiger charge is 2.13. The van der Waals surface area contributed by atoms with Gasteiger partial charge in [-0.3, -0.25) is 4.79 Å².